The molecule has 1 saturated heterocycles. The maximum Gasteiger partial charge on any atom is 0.326 e. The van der Waals surface area contributed by atoms with Crippen LogP contribution in [0.5, 0.6) is 0 Å². The summed E-state index contributed by atoms with van der Waals surface area (Å²) in [5.74, 6) is -0.239. The second kappa shape index (κ2) is 2.87. The van der Waals surface area contributed by atoms with Crippen molar-refractivity contribution < 1.29 is 14.3 Å². The van der Waals surface area contributed by atoms with Crippen LogP contribution in [0.1, 0.15) is 6.92 Å². The van der Waals surface area contributed by atoms with Crippen LogP contribution in [-0.4, -0.2) is 36.7 Å². The van der Waals surface area contributed by atoms with Crippen LogP contribution >= 0.6 is 0 Å². The van der Waals surface area contributed by atoms with Crippen LogP contribution in [0, 0.1) is 0 Å². The van der Waals surface area contributed by atoms with Crippen LogP contribution in [0.15, 0.2) is 0 Å². The molecule has 0 aromatic rings. The van der Waals surface area contributed by atoms with Gasteiger partial charge in [-0.05, 0) is 6.92 Å². The van der Waals surface area contributed by atoms with Gasteiger partial charge in [-0.25, -0.2) is 9.69 Å². The van der Waals surface area contributed by atoms with Gasteiger partial charge < -0.3 is 10.1 Å². The van der Waals surface area contributed by atoms with Gasteiger partial charge in [0.15, 0.2) is 0 Å². The zero-order valence-electron chi connectivity index (χ0n) is 6.46. The Balaban J connectivity index is 2.64. The van der Waals surface area contributed by atoms with Crippen molar-refractivity contribution in [1.29, 1.82) is 0 Å². The highest BCUT2D eigenvalue weighted by molar-refractivity contribution is 6.03. The lowest BCUT2D eigenvalue weighted by molar-refractivity contribution is -0.130. The Morgan fingerprint density at radius 1 is 1.64 bits per heavy atom. The Morgan fingerprint density at radius 2 is 2.27 bits per heavy atom. The fourth-order valence-electron chi connectivity index (χ4n) is 0.910. The van der Waals surface area contributed by atoms with Crippen molar-refractivity contribution in [3.05, 3.63) is 0 Å². The molecule has 1 heterocycles. The molecule has 62 valence electrons. The molecule has 1 aliphatic rings. The topological polar surface area (TPSA) is 58.6 Å². The summed E-state index contributed by atoms with van der Waals surface area (Å²) >= 11 is 0. The molecule has 0 saturated carbocycles. The Kier molecular flexibility index (Phi) is 2.09. The van der Waals surface area contributed by atoms with Crippen molar-refractivity contribution in [2.75, 3.05) is 13.8 Å². The summed E-state index contributed by atoms with van der Waals surface area (Å²) < 4.78 is 4.66. The molecule has 1 rings (SSSR count). The summed E-state index contributed by atoms with van der Waals surface area (Å²) in [5.41, 5.74) is 0. The van der Waals surface area contributed by atoms with Gasteiger partial charge in [-0.2, -0.15) is 0 Å². The number of methoxy groups -OCH3 is 1. The first-order valence-corrected chi connectivity index (χ1v) is 3.27. The van der Waals surface area contributed by atoms with Crippen LogP contribution in [0.4, 0.5) is 4.79 Å². The summed E-state index contributed by atoms with van der Waals surface area (Å²) in [6.07, 6.45) is 0. The minimum Gasteiger partial charge on any atom is -0.364 e. The maximum atomic E-state index is 11.1. The lowest BCUT2D eigenvalue weighted by Crippen LogP contribution is -2.32. The van der Waals surface area contributed by atoms with Gasteiger partial charge in [-0.1, -0.05) is 0 Å². The lowest BCUT2D eigenvalue weighted by atomic mass is 10.3. The van der Waals surface area contributed by atoms with Crippen molar-refractivity contribution in [2.45, 2.75) is 13.0 Å². The number of urea groups is 1. The molecule has 0 spiro atoms. The Bertz CT molecular complexity index is 192. The quantitative estimate of drug-likeness (QED) is 0.553. The average molecular weight is 158 g/mol. The van der Waals surface area contributed by atoms with Gasteiger partial charge in [0.2, 0.25) is 0 Å². The molecule has 0 aromatic heterocycles. The summed E-state index contributed by atoms with van der Waals surface area (Å²) in [5, 5.41) is 2.46. The van der Waals surface area contributed by atoms with E-state index in [1.165, 1.54) is 7.11 Å². The van der Waals surface area contributed by atoms with Gasteiger partial charge in [-0.15, -0.1) is 0 Å². The Labute approximate surface area is 64.3 Å². The molecule has 0 bridgehead atoms. The largest absolute Gasteiger partial charge is 0.364 e. The van der Waals surface area contributed by atoms with Crippen molar-refractivity contribution in [1.82, 2.24) is 10.2 Å². The first kappa shape index (κ1) is 8.00. The van der Waals surface area contributed by atoms with Gasteiger partial charge in [-0.3, -0.25) is 4.79 Å². The molecule has 1 N–H and O–H groups in total. The van der Waals surface area contributed by atoms with Gasteiger partial charge in [0, 0.05) is 7.11 Å². The van der Waals surface area contributed by atoms with Gasteiger partial charge in [0.1, 0.15) is 12.8 Å². The number of ether oxygens (including phenoxy) is 1. The van der Waals surface area contributed by atoms with E-state index in [0.29, 0.717) is 0 Å². The third-order valence-corrected chi connectivity index (χ3v) is 1.48. The van der Waals surface area contributed by atoms with Crippen molar-refractivity contribution in [2.24, 2.45) is 0 Å². The molecule has 1 aliphatic heterocycles. The van der Waals surface area contributed by atoms with Crippen LogP contribution in [0.25, 0.3) is 0 Å². The molecule has 5 nitrogen and oxygen atoms in total. The standard InChI is InChI=1S/C6H10N2O3/c1-4-5(9)8(3-11-2)6(10)7-4/h4H,3H2,1-2H3,(H,7,10). The van der Waals surface area contributed by atoms with Crippen molar-refractivity contribution in [3.8, 4) is 0 Å². The second-order valence-corrected chi connectivity index (χ2v) is 2.36. The molecule has 0 aliphatic carbocycles. The van der Waals surface area contributed by atoms with E-state index in [2.05, 4.69) is 10.1 Å². The van der Waals surface area contributed by atoms with E-state index in [4.69, 9.17) is 0 Å². The van der Waals surface area contributed by atoms with Crippen LogP contribution in [-0.2, 0) is 9.53 Å². The zero-order chi connectivity index (χ0) is 8.43. The number of hydrogen-bond donors (Lipinski definition) is 1. The summed E-state index contributed by atoms with van der Waals surface area (Å²) in [4.78, 5) is 23.0. The third kappa shape index (κ3) is 1.32. The number of carbonyl (C=O) groups is 2. The third-order valence-electron chi connectivity index (χ3n) is 1.48. The van der Waals surface area contributed by atoms with Gasteiger partial charge in [0.25, 0.3) is 5.91 Å². The number of carbonyl (C=O) groups excluding carboxylic acids is 2. The molecule has 1 unspecified atom stereocenters. The molecule has 11 heavy (non-hydrogen) atoms. The summed E-state index contributed by atoms with van der Waals surface area (Å²) in [6, 6.07) is -0.804. The van der Waals surface area contributed by atoms with E-state index in [0.717, 1.165) is 4.90 Å². The number of nitrogens with one attached hydrogen (secondary N) is 1. The number of imide groups is 1. The monoisotopic (exact) mass is 158 g/mol. The van der Waals surface area contributed by atoms with E-state index in [-0.39, 0.29) is 18.7 Å². The number of hydrogen-bond acceptors (Lipinski definition) is 3. The maximum absolute atomic E-state index is 11.1. The molecule has 0 radical (unpaired) electrons. The zero-order valence-corrected chi connectivity index (χ0v) is 6.46. The minimum atomic E-state index is -0.419. The van der Waals surface area contributed by atoms with E-state index in [1.807, 2.05) is 0 Å². The first-order valence-electron chi connectivity index (χ1n) is 3.27. The van der Waals surface area contributed by atoms with Gasteiger partial charge >= 0.3 is 6.03 Å². The van der Waals surface area contributed by atoms with E-state index in [1.54, 1.807) is 6.92 Å². The number of amides is 3. The SMILES string of the molecule is COCN1C(=O)NC(C)C1=O. The molecule has 3 amide bonds. The van der Waals surface area contributed by atoms with Crippen LogP contribution < -0.4 is 5.32 Å². The van der Waals surface area contributed by atoms with E-state index < -0.39 is 6.04 Å². The fourth-order valence-corrected chi connectivity index (χ4v) is 0.910. The van der Waals surface area contributed by atoms with Crippen molar-refractivity contribution >= 4 is 11.9 Å². The highest BCUT2D eigenvalue weighted by Crippen LogP contribution is 2.04. The first-order chi connectivity index (χ1) is 5.16. The van der Waals surface area contributed by atoms with E-state index >= 15 is 0 Å². The smallest absolute Gasteiger partial charge is 0.326 e. The number of nitrogens with zero attached hydrogens (tertiary/aromatic N) is 1. The predicted molar refractivity (Wildman–Crippen MR) is 36.7 cm³/mol. The van der Waals surface area contributed by atoms with Crippen LogP contribution in [0.2, 0.25) is 0 Å². The van der Waals surface area contributed by atoms with E-state index in [9.17, 15) is 9.59 Å². The normalized spacial score (nSPS) is 24.2. The lowest BCUT2D eigenvalue weighted by Gasteiger charge is -2.09. The molecule has 1 fully saturated rings. The number of rotatable bonds is 2. The van der Waals surface area contributed by atoms with Gasteiger partial charge in [0.05, 0.1) is 0 Å². The Hall–Kier alpha value is -1.10. The highest BCUT2D eigenvalue weighted by Gasteiger charge is 2.34. The Morgan fingerprint density at radius 3 is 2.64 bits per heavy atom. The highest BCUT2D eigenvalue weighted by atomic mass is 16.5. The summed E-state index contributed by atoms with van der Waals surface area (Å²) in [7, 11) is 1.43. The molecule has 5 heteroatoms. The molecular formula is C6H10N2O3. The average Bonchev–Trinajstić information content (AvgIpc) is 2.17. The minimum absolute atomic E-state index is 0.0228. The molecular weight excluding hydrogens is 148 g/mol. The fraction of sp³-hybridized carbons (Fsp3) is 0.667. The summed E-state index contributed by atoms with van der Waals surface area (Å²) in [6.45, 7) is 1.66. The predicted octanol–water partition coefficient (Wildman–Crippen LogP) is -0.469. The van der Waals surface area contributed by atoms with Crippen LogP contribution in [0.3, 0.4) is 0 Å². The molecule has 0 aromatic carbocycles. The second-order valence-electron chi connectivity index (χ2n) is 2.36. The molecule has 1 atom stereocenters. The van der Waals surface area contributed by atoms with Crippen molar-refractivity contribution in [3.63, 3.8) is 0 Å².